The molecule has 26 heavy (non-hydrogen) atoms. The molecule has 0 N–H and O–H groups in total. The summed E-state index contributed by atoms with van der Waals surface area (Å²) in [6, 6.07) is 7.52. The lowest BCUT2D eigenvalue weighted by atomic mass is 9.75. The van der Waals surface area contributed by atoms with Crippen LogP contribution in [0.3, 0.4) is 0 Å². The predicted molar refractivity (Wildman–Crippen MR) is 97.2 cm³/mol. The van der Waals surface area contributed by atoms with E-state index in [9.17, 15) is 15.8 Å². The molecule has 0 aromatic carbocycles. The van der Waals surface area contributed by atoms with Gasteiger partial charge in [-0.2, -0.15) is 15.8 Å². The van der Waals surface area contributed by atoms with Crippen molar-refractivity contribution in [2.45, 2.75) is 113 Å². The Morgan fingerprint density at radius 3 is 1.27 bits per heavy atom. The van der Waals surface area contributed by atoms with Crippen LogP contribution in [0.25, 0.3) is 0 Å². The van der Waals surface area contributed by atoms with Gasteiger partial charge in [0, 0.05) is 0 Å². The maximum Gasteiger partial charge on any atom is 0.175 e. The van der Waals surface area contributed by atoms with Crippen LogP contribution < -0.4 is 0 Å². The number of hydrogen-bond acceptors (Lipinski definition) is 5. The third-order valence-corrected chi connectivity index (χ3v) is 6.69. The van der Waals surface area contributed by atoms with E-state index in [1.165, 1.54) is 0 Å². The molecule has 0 radical (unpaired) electrons. The van der Waals surface area contributed by atoms with Crippen LogP contribution in [0, 0.1) is 34.0 Å². The van der Waals surface area contributed by atoms with Crippen LogP contribution in [0.1, 0.15) is 96.3 Å². The normalized spacial score (nSPS) is 27.0. The lowest BCUT2D eigenvalue weighted by molar-refractivity contribution is -0.315. The fourth-order valence-electron chi connectivity index (χ4n) is 5.10. The molecule has 3 rings (SSSR count). The van der Waals surface area contributed by atoms with E-state index in [4.69, 9.17) is 4.84 Å². The molecule has 140 valence electrons. The van der Waals surface area contributed by atoms with E-state index >= 15 is 0 Å². The predicted octanol–water partition coefficient (Wildman–Crippen LogP) is 4.90. The van der Waals surface area contributed by atoms with Crippen molar-refractivity contribution in [2.75, 3.05) is 0 Å². The van der Waals surface area contributed by atoms with E-state index in [0.717, 1.165) is 83.5 Å². The Labute approximate surface area is 157 Å². The topological polar surface area (TPSA) is 83.8 Å². The molecule has 0 aromatic heterocycles. The molecule has 0 unspecified atom stereocenters. The molecule has 3 aliphatic carbocycles. The van der Waals surface area contributed by atoms with E-state index in [2.05, 4.69) is 18.2 Å². The second kappa shape index (κ2) is 7.96. The van der Waals surface area contributed by atoms with Crippen molar-refractivity contribution in [1.82, 2.24) is 5.06 Å². The minimum atomic E-state index is -0.874. The second-order valence-corrected chi connectivity index (χ2v) is 8.46. The first-order valence-electron chi connectivity index (χ1n) is 10.4. The summed E-state index contributed by atoms with van der Waals surface area (Å²) in [4.78, 5) is 6.52. The van der Waals surface area contributed by atoms with Crippen molar-refractivity contribution in [3.8, 4) is 18.2 Å². The molecule has 3 saturated carbocycles. The van der Waals surface area contributed by atoms with Crippen LogP contribution in [0.4, 0.5) is 0 Å². The molecule has 0 amide bonds. The van der Waals surface area contributed by atoms with Gasteiger partial charge in [0.05, 0.1) is 18.2 Å². The van der Waals surface area contributed by atoms with Crippen molar-refractivity contribution >= 4 is 0 Å². The zero-order valence-electron chi connectivity index (χ0n) is 15.8. The number of hydroxylamine groups is 2. The first kappa shape index (κ1) is 19.2. The summed E-state index contributed by atoms with van der Waals surface area (Å²) in [6.07, 6.45) is 13.6. The van der Waals surface area contributed by atoms with Crippen LogP contribution in [0.15, 0.2) is 0 Å². The van der Waals surface area contributed by atoms with Crippen molar-refractivity contribution in [3.63, 3.8) is 0 Å². The molecule has 0 bridgehead atoms. The SMILES string of the molecule is N#CC1(ON(C2(C#N)CCCCC2)C2(C#N)CCCCC2)CCCCC1. The van der Waals surface area contributed by atoms with Crippen molar-refractivity contribution in [1.29, 1.82) is 15.8 Å². The Balaban J connectivity index is 2.00. The van der Waals surface area contributed by atoms with Gasteiger partial charge in [-0.3, -0.25) is 4.84 Å². The minimum absolute atomic E-state index is 0.697. The van der Waals surface area contributed by atoms with Crippen molar-refractivity contribution in [3.05, 3.63) is 0 Å². The Morgan fingerprint density at radius 2 is 0.923 bits per heavy atom. The summed E-state index contributed by atoms with van der Waals surface area (Å²) in [6.45, 7) is 0. The standard InChI is InChI=1S/C21H30N4O/c22-16-19(10-4-1-5-11-19)25(20(17-23)12-6-2-7-13-20)26-21(18-24)14-8-3-9-15-21/h1-15H2. The van der Waals surface area contributed by atoms with Gasteiger partial charge in [0.25, 0.3) is 0 Å². The van der Waals surface area contributed by atoms with E-state index in [1.54, 1.807) is 5.06 Å². The molecular weight excluding hydrogens is 324 g/mol. The smallest absolute Gasteiger partial charge is 0.175 e. The summed E-state index contributed by atoms with van der Waals surface area (Å²) in [5, 5.41) is 32.1. The van der Waals surface area contributed by atoms with Gasteiger partial charge in [-0.1, -0.05) is 44.9 Å². The molecule has 0 aliphatic heterocycles. The van der Waals surface area contributed by atoms with Crippen molar-refractivity contribution < 1.29 is 4.84 Å². The van der Waals surface area contributed by atoms with E-state index in [1.807, 2.05) is 0 Å². The average molecular weight is 354 g/mol. The van der Waals surface area contributed by atoms with Crippen LogP contribution in [-0.4, -0.2) is 21.7 Å². The van der Waals surface area contributed by atoms with E-state index in [0.29, 0.717) is 12.8 Å². The lowest BCUT2D eigenvalue weighted by Gasteiger charge is -2.52. The maximum absolute atomic E-state index is 10.2. The monoisotopic (exact) mass is 354 g/mol. The van der Waals surface area contributed by atoms with Crippen LogP contribution >= 0.6 is 0 Å². The average Bonchev–Trinajstić information content (AvgIpc) is 2.73. The van der Waals surface area contributed by atoms with Crippen LogP contribution in [-0.2, 0) is 4.84 Å². The van der Waals surface area contributed by atoms with Crippen LogP contribution in [0.2, 0.25) is 0 Å². The first-order chi connectivity index (χ1) is 12.6. The molecule has 0 saturated heterocycles. The molecule has 3 fully saturated rings. The highest BCUT2D eigenvalue weighted by Crippen LogP contribution is 2.46. The number of rotatable bonds is 4. The van der Waals surface area contributed by atoms with Gasteiger partial charge in [0.1, 0.15) is 11.1 Å². The van der Waals surface area contributed by atoms with E-state index in [-0.39, 0.29) is 0 Å². The summed E-state index contributed by atoms with van der Waals surface area (Å²) in [5.74, 6) is 0. The molecule has 5 nitrogen and oxygen atoms in total. The third-order valence-electron chi connectivity index (χ3n) is 6.69. The van der Waals surface area contributed by atoms with Gasteiger partial charge in [0.15, 0.2) is 5.60 Å². The summed E-state index contributed by atoms with van der Waals surface area (Å²) in [5.41, 5.74) is -2.42. The van der Waals surface area contributed by atoms with Gasteiger partial charge in [-0.05, 0) is 51.4 Å². The Hall–Kier alpha value is -1.61. The van der Waals surface area contributed by atoms with Crippen LogP contribution in [0.5, 0.6) is 0 Å². The van der Waals surface area contributed by atoms with Gasteiger partial charge in [0.2, 0.25) is 0 Å². The fraction of sp³-hybridized carbons (Fsp3) is 0.857. The lowest BCUT2D eigenvalue weighted by Crippen LogP contribution is -2.63. The largest absolute Gasteiger partial charge is 0.274 e. The zero-order chi connectivity index (χ0) is 18.5. The minimum Gasteiger partial charge on any atom is -0.274 e. The number of hydrogen-bond donors (Lipinski definition) is 0. The summed E-state index contributed by atoms with van der Waals surface area (Å²) in [7, 11) is 0. The Bertz CT molecular complexity index is 569. The molecule has 0 spiro atoms. The zero-order valence-corrected chi connectivity index (χ0v) is 15.8. The number of nitrogens with zero attached hydrogens (tertiary/aromatic N) is 4. The van der Waals surface area contributed by atoms with Crippen molar-refractivity contribution in [2.24, 2.45) is 0 Å². The summed E-state index contributed by atoms with van der Waals surface area (Å²) >= 11 is 0. The van der Waals surface area contributed by atoms with Gasteiger partial charge < -0.3 is 0 Å². The van der Waals surface area contributed by atoms with Gasteiger partial charge in [-0.15, -0.1) is 5.06 Å². The molecule has 0 atom stereocenters. The fourth-order valence-corrected chi connectivity index (χ4v) is 5.10. The third kappa shape index (κ3) is 3.46. The molecule has 5 heteroatoms. The highest BCUT2D eigenvalue weighted by Gasteiger charge is 2.54. The highest BCUT2D eigenvalue weighted by atomic mass is 16.7. The molecule has 3 aliphatic rings. The molecule has 0 heterocycles. The summed E-state index contributed by atoms with van der Waals surface area (Å²) < 4.78 is 0. The Kier molecular flexibility index (Phi) is 5.86. The van der Waals surface area contributed by atoms with Gasteiger partial charge >= 0.3 is 0 Å². The first-order valence-corrected chi connectivity index (χ1v) is 10.4. The number of nitriles is 3. The highest BCUT2D eigenvalue weighted by molar-refractivity contribution is 5.19. The molecular formula is C21H30N4O. The quantitative estimate of drug-likeness (QED) is 0.670. The van der Waals surface area contributed by atoms with E-state index < -0.39 is 16.7 Å². The van der Waals surface area contributed by atoms with Gasteiger partial charge in [-0.25, -0.2) is 0 Å². The second-order valence-electron chi connectivity index (χ2n) is 8.46. The Morgan fingerprint density at radius 1 is 0.538 bits per heavy atom. The maximum atomic E-state index is 10.2. The molecule has 0 aromatic rings.